The largest absolute Gasteiger partial charge is 0.355 e. The lowest BCUT2D eigenvalue weighted by Gasteiger charge is -2.24. The van der Waals surface area contributed by atoms with Crippen LogP contribution in [0.3, 0.4) is 0 Å². The third-order valence-electron chi connectivity index (χ3n) is 4.79. The second kappa shape index (κ2) is 9.92. The SMILES string of the molecule is Cc1ccc(S(=O)(=O)N(CC(=O)NCCC(C)C)c2ccc(C(C)C)cc2)cc1. The number of amides is 1. The van der Waals surface area contributed by atoms with Crippen LogP contribution < -0.4 is 9.62 Å². The van der Waals surface area contributed by atoms with E-state index in [9.17, 15) is 13.2 Å². The Balaban J connectivity index is 2.34. The van der Waals surface area contributed by atoms with E-state index in [0.29, 0.717) is 24.1 Å². The first-order valence-electron chi connectivity index (χ1n) is 10.1. The molecule has 158 valence electrons. The molecule has 0 saturated heterocycles. The van der Waals surface area contributed by atoms with Gasteiger partial charge >= 0.3 is 0 Å². The van der Waals surface area contributed by atoms with Crippen molar-refractivity contribution in [2.24, 2.45) is 5.92 Å². The van der Waals surface area contributed by atoms with Crippen molar-refractivity contribution in [3.05, 3.63) is 59.7 Å². The van der Waals surface area contributed by atoms with Gasteiger partial charge in [0, 0.05) is 6.54 Å². The molecule has 5 nitrogen and oxygen atoms in total. The Morgan fingerprint density at radius 3 is 2.07 bits per heavy atom. The van der Waals surface area contributed by atoms with Crippen LogP contribution in [0, 0.1) is 12.8 Å². The van der Waals surface area contributed by atoms with Crippen molar-refractivity contribution in [2.75, 3.05) is 17.4 Å². The van der Waals surface area contributed by atoms with Crippen LogP contribution in [0.2, 0.25) is 0 Å². The molecule has 1 amide bonds. The molecule has 2 rings (SSSR count). The van der Waals surface area contributed by atoms with Crippen molar-refractivity contribution in [1.29, 1.82) is 0 Å². The molecule has 0 fully saturated rings. The van der Waals surface area contributed by atoms with Gasteiger partial charge in [0.05, 0.1) is 10.6 Å². The molecule has 0 spiro atoms. The van der Waals surface area contributed by atoms with Crippen LogP contribution in [0.15, 0.2) is 53.4 Å². The quantitative estimate of drug-likeness (QED) is 0.656. The van der Waals surface area contributed by atoms with Gasteiger partial charge in [0.25, 0.3) is 10.0 Å². The molecule has 0 aliphatic carbocycles. The maximum Gasteiger partial charge on any atom is 0.264 e. The van der Waals surface area contributed by atoms with Gasteiger partial charge in [-0.2, -0.15) is 0 Å². The molecule has 2 aromatic carbocycles. The first-order valence-corrected chi connectivity index (χ1v) is 11.5. The molecule has 1 N–H and O–H groups in total. The van der Waals surface area contributed by atoms with Crippen molar-refractivity contribution in [2.45, 2.75) is 51.9 Å². The van der Waals surface area contributed by atoms with E-state index < -0.39 is 10.0 Å². The average Bonchev–Trinajstić information content (AvgIpc) is 2.66. The summed E-state index contributed by atoms with van der Waals surface area (Å²) in [6, 6.07) is 14.0. The van der Waals surface area contributed by atoms with Crippen molar-refractivity contribution in [1.82, 2.24) is 5.32 Å². The summed E-state index contributed by atoms with van der Waals surface area (Å²) in [5.41, 5.74) is 2.57. The molecule has 0 aliphatic rings. The Kier molecular flexibility index (Phi) is 7.85. The van der Waals surface area contributed by atoms with Gasteiger partial charge in [-0.3, -0.25) is 9.10 Å². The lowest BCUT2D eigenvalue weighted by molar-refractivity contribution is -0.119. The maximum atomic E-state index is 13.3. The minimum Gasteiger partial charge on any atom is -0.355 e. The molecule has 0 aliphatic heterocycles. The summed E-state index contributed by atoms with van der Waals surface area (Å²) in [7, 11) is -3.87. The fourth-order valence-corrected chi connectivity index (χ4v) is 4.29. The van der Waals surface area contributed by atoms with E-state index in [1.54, 1.807) is 36.4 Å². The Labute approximate surface area is 175 Å². The molecule has 0 atom stereocenters. The van der Waals surface area contributed by atoms with Gasteiger partial charge in [0.15, 0.2) is 0 Å². The standard InChI is InChI=1S/C23H32N2O3S/c1-17(2)14-15-24-23(26)16-25(21-10-8-20(9-11-21)18(3)4)29(27,28)22-12-6-19(5)7-13-22/h6-13,17-18H,14-16H2,1-5H3,(H,24,26). The summed E-state index contributed by atoms with van der Waals surface area (Å²) in [5, 5.41) is 2.83. The molecule has 0 heterocycles. The number of rotatable bonds is 9. The number of nitrogens with one attached hydrogen (secondary N) is 1. The van der Waals surface area contributed by atoms with Crippen LogP contribution in [0.25, 0.3) is 0 Å². The second-order valence-electron chi connectivity index (χ2n) is 8.10. The van der Waals surface area contributed by atoms with Gasteiger partial charge in [-0.05, 0) is 55.0 Å². The predicted octanol–water partition coefficient (Wildman–Crippen LogP) is 4.48. The van der Waals surface area contributed by atoms with E-state index in [1.807, 2.05) is 19.1 Å². The lowest BCUT2D eigenvalue weighted by atomic mass is 10.0. The van der Waals surface area contributed by atoms with Gasteiger partial charge in [-0.25, -0.2) is 8.42 Å². The third-order valence-corrected chi connectivity index (χ3v) is 6.58. The Hall–Kier alpha value is -2.34. The fraction of sp³-hybridized carbons (Fsp3) is 0.435. The number of carbonyl (C=O) groups is 1. The minimum absolute atomic E-state index is 0.172. The predicted molar refractivity (Wildman–Crippen MR) is 119 cm³/mol. The summed E-state index contributed by atoms with van der Waals surface area (Å²) in [6.07, 6.45) is 0.847. The van der Waals surface area contributed by atoms with E-state index in [4.69, 9.17) is 0 Å². The highest BCUT2D eigenvalue weighted by Gasteiger charge is 2.27. The maximum absolute atomic E-state index is 13.3. The molecule has 0 bridgehead atoms. The number of anilines is 1. The van der Waals surface area contributed by atoms with Crippen molar-refractivity contribution in [3.63, 3.8) is 0 Å². The molecule has 2 aromatic rings. The highest BCUT2D eigenvalue weighted by molar-refractivity contribution is 7.92. The van der Waals surface area contributed by atoms with Gasteiger partial charge in [-0.15, -0.1) is 0 Å². The van der Waals surface area contributed by atoms with E-state index >= 15 is 0 Å². The summed E-state index contributed by atoms with van der Waals surface area (Å²) < 4.78 is 27.8. The number of nitrogens with zero attached hydrogens (tertiary/aromatic N) is 1. The van der Waals surface area contributed by atoms with Gasteiger partial charge in [-0.1, -0.05) is 57.5 Å². The molecule has 29 heavy (non-hydrogen) atoms. The van der Waals surface area contributed by atoms with Crippen LogP contribution in [0.5, 0.6) is 0 Å². The number of carbonyl (C=O) groups excluding carboxylic acids is 1. The molecule has 0 aromatic heterocycles. The number of sulfonamides is 1. The van der Waals surface area contributed by atoms with Crippen LogP contribution in [0.4, 0.5) is 5.69 Å². The van der Waals surface area contributed by atoms with Gasteiger partial charge in [0.2, 0.25) is 5.91 Å². The van der Waals surface area contributed by atoms with Gasteiger partial charge in [0.1, 0.15) is 6.54 Å². The fourth-order valence-electron chi connectivity index (χ4n) is 2.86. The minimum atomic E-state index is -3.87. The molecule has 0 radical (unpaired) electrons. The summed E-state index contributed by atoms with van der Waals surface area (Å²) in [6.45, 7) is 10.5. The zero-order valence-corrected chi connectivity index (χ0v) is 18.8. The average molecular weight is 417 g/mol. The van der Waals surface area contributed by atoms with Crippen molar-refractivity contribution < 1.29 is 13.2 Å². The third kappa shape index (κ3) is 6.32. The topological polar surface area (TPSA) is 66.5 Å². The normalized spacial score (nSPS) is 11.7. The number of hydrogen-bond acceptors (Lipinski definition) is 3. The van der Waals surface area contributed by atoms with Crippen LogP contribution in [0.1, 0.15) is 51.2 Å². The summed E-state index contributed by atoms with van der Waals surface area (Å²) in [4.78, 5) is 12.7. The molecule has 6 heteroatoms. The van der Waals surface area contributed by atoms with Crippen molar-refractivity contribution in [3.8, 4) is 0 Å². The Morgan fingerprint density at radius 2 is 1.55 bits per heavy atom. The van der Waals surface area contributed by atoms with Crippen LogP contribution in [-0.2, 0) is 14.8 Å². The van der Waals surface area contributed by atoms with Crippen LogP contribution in [-0.4, -0.2) is 27.4 Å². The monoisotopic (exact) mass is 416 g/mol. The van der Waals surface area contributed by atoms with Crippen molar-refractivity contribution >= 4 is 21.6 Å². The Morgan fingerprint density at radius 1 is 0.966 bits per heavy atom. The molecule has 0 unspecified atom stereocenters. The summed E-state index contributed by atoms with van der Waals surface area (Å²) >= 11 is 0. The zero-order chi connectivity index (χ0) is 21.6. The summed E-state index contributed by atoms with van der Waals surface area (Å²) in [5.74, 6) is 0.492. The first-order chi connectivity index (χ1) is 13.6. The first kappa shape index (κ1) is 22.9. The molecular weight excluding hydrogens is 384 g/mol. The number of benzene rings is 2. The van der Waals surface area contributed by atoms with E-state index in [2.05, 4.69) is 33.0 Å². The highest BCUT2D eigenvalue weighted by Crippen LogP contribution is 2.26. The second-order valence-corrected chi connectivity index (χ2v) is 9.97. The Bertz CT molecular complexity index is 902. The lowest BCUT2D eigenvalue weighted by Crippen LogP contribution is -2.41. The number of aryl methyl sites for hydroxylation is 1. The number of hydrogen-bond donors (Lipinski definition) is 1. The smallest absolute Gasteiger partial charge is 0.264 e. The molecular formula is C23H32N2O3S. The van der Waals surface area contributed by atoms with E-state index in [1.165, 1.54) is 4.31 Å². The van der Waals surface area contributed by atoms with Crippen LogP contribution >= 0.6 is 0 Å². The van der Waals surface area contributed by atoms with E-state index in [0.717, 1.165) is 17.5 Å². The highest BCUT2D eigenvalue weighted by atomic mass is 32.2. The van der Waals surface area contributed by atoms with Gasteiger partial charge < -0.3 is 5.32 Å². The van der Waals surface area contributed by atoms with E-state index in [-0.39, 0.29) is 17.3 Å². The molecule has 0 saturated carbocycles. The zero-order valence-electron chi connectivity index (χ0n) is 18.0.